The fourth-order valence-corrected chi connectivity index (χ4v) is 2.45. The zero-order chi connectivity index (χ0) is 15.8. The van der Waals surface area contributed by atoms with E-state index >= 15 is 0 Å². The van der Waals surface area contributed by atoms with Gasteiger partial charge < -0.3 is 20.4 Å². The Labute approximate surface area is 156 Å². The van der Waals surface area contributed by atoms with Crippen LogP contribution < -0.4 is 15.5 Å². The molecule has 0 saturated carbocycles. The van der Waals surface area contributed by atoms with Crippen molar-refractivity contribution in [1.29, 1.82) is 0 Å². The van der Waals surface area contributed by atoms with Crippen LogP contribution in [0.2, 0.25) is 0 Å². The molecule has 1 aromatic rings. The number of nitrogens with one attached hydrogen (secondary N) is 2. The van der Waals surface area contributed by atoms with Crippen molar-refractivity contribution < 1.29 is 0 Å². The molecular weight excluding hydrogens is 403 g/mol. The van der Waals surface area contributed by atoms with Crippen molar-refractivity contribution in [3.63, 3.8) is 0 Å². The molecule has 0 atom stereocenters. The zero-order valence-electron chi connectivity index (χ0n) is 14.4. The van der Waals surface area contributed by atoms with Crippen LogP contribution in [-0.4, -0.2) is 62.2 Å². The molecule has 2 heterocycles. The molecule has 0 radical (unpaired) electrons. The molecule has 1 aliphatic rings. The summed E-state index contributed by atoms with van der Waals surface area (Å²) in [6.45, 7) is 10.8. The lowest BCUT2D eigenvalue weighted by Gasteiger charge is -2.33. The van der Waals surface area contributed by atoms with Gasteiger partial charge in [-0.15, -0.1) is 24.0 Å². The van der Waals surface area contributed by atoms with Crippen LogP contribution in [0.3, 0.4) is 0 Å². The Hall–Kier alpha value is -1.09. The zero-order valence-corrected chi connectivity index (χ0v) is 16.7. The molecule has 2 N–H and O–H groups in total. The third-order valence-electron chi connectivity index (χ3n) is 3.75. The second-order valence-electron chi connectivity index (χ2n) is 5.54. The average molecular weight is 432 g/mol. The predicted molar refractivity (Wildman–Crippen MR) is 108 cm³/mol. The van der Waals surface area contributed by atoms with Gasteiger partial charge in [-0.3, -0.25) is 0 Å². The minimum atomic E-state index is 0. The van der Waals surface area contributed by atoms with E-state index in [0.29, 0.717) is 6.54 Å². The molecular formula is C16H29IN6. The molecule has 0 aromatic carbocycles. The maximum Gasteiger partial charge on any atom is 0.191 e. The van der Waals surface area contributed by atoms with Crippen LogP contribution in [-0.2, 0) is 6.54 Å². The first-order chi connectivity index (χ1) is 10.7. The van der Waals surface area contributed by atoms with Crippen LogP contribution in [0.15, 0.2) is 23.3 Å². The number of guanidine groups is 1. The lowest BCUT2D eigenvalue weighted by atomic mass is 10.2. The van der Waals surface area contributed by atoms with E-state index < -0.39 is 0 Å². The Kier molecular flexibility index (Phi) is 9.23. The molecule has 0 aliphatic carbocycles. The van der Waals surface area contributed by atoms with E-state index in [9.17, 15) is 0 Å². The smallest absolute Gasteiger partial charge is 0.191 e. The van der Waals surface area contributed by atoms with E-state index in [-0.39, 0.29) is 24.0 Å². The van der Waals surface area contributed by atoms with E-state index in [1.807, 2.05) is 12.3 Å². The van der Waals surface area contributed by atoms with Gasteiger partial charge in [-0.2, -0.15) is 0 Å². The number of pyridine rings is 1. The third-order valence-corrected chi connectivity index (χ3v) is 3.75. The molecule has 0 amide bonds. The summed E-state index contributed by atoms with van der Waals surface area (Å²) in [7, 11) is 2.17. The summed E-state index contributed by atoms with van der Waals surface area (Å²) in [5.41, 5.74) is 1.19. The molecule has 1 aliphatic heterocycles. The number of piperazine rings is 1. The highest BCUT2D eigenvalue weighted by atomic mass is 127. The Bertz CT molecular complexity index is 477. The Morgan fingerprint density at radius 1 is 1.17 bits per heavy atom. The molecule has 2 rings (SSSR count). The molecule has 0 bridgehead atoms. The number of hydrogen-bond donors (Lipinski definition) is 2. The van der Waals surface area contributed by atoms with Gasteiger partial charge >= 0.3 is 0 Å². The molecule has 23 heavy (non-hydrogen) atoms. The lowest BCUT2D eigenvalue weighted by molar-refractivity contribution is 0.312. The summed E-state index contributed by atoms with van der Waals surface area (Å²) in [6.07, 6.45) is 1.89. The van der Waals surface area contributed by atoms with Crippen molar-refractivity contribution in [2.24, 2.45) is 4.99 Å². The van der Waals surface area contributed by atoms with Gasteiger partial charge in [0.05, 0.1) is 6.54 Å². The normalized spacial score (nSPS) is 14.8. The van der Waals surface area contributed by atoms with Crippen LogP contribution in [0.1, 0.15) is 19.4 Å². The maximum absolute atomic E-state index is 4.61. The number of likely N-dealkylation sites (N-methyl/N-ethyl adjacent to an activating group) is 1. The van der Waals surface area contributed by atoms with Crippen LogP contribution in [0, 0.1) is 0 Å². The van der Waals surface area contributed by atoms with Crippen molar-refractivity contribution in [3.05, 3.63) is 23.9 Å². The topological polar surface area (TPSA) is 55.8 Å². The molecule has 0 unspecified atom stereocenters. The van der Waals surface area contributed by atoms with Crippen molar-refractivity contribution in [2.45, 2.75) is 20.4 Å². The second kappa shape index (κ2) is 10.6. The van der Waals surface area contributed by atoms with Crippen LogP contribution in [0.4, 0.5) is 5.82 Å². The van der Waals surface area contributed by atoms with Crippen molar-refractivity contribution >= 4 is 35.8 Å². The highest BCUT2D eigenvalue weighted by Gasteiger charge is 2.15. The lowest BCUT2D eigenvalue weighted by Crippen LogP contribution is -2.44. The average Bonchev–Trinajstić information content (AvgIpc) is 2.54. The molecule has 0 spiro atoms. The molecule has 1 aromatic heterocycles. The van der Waals surface area contributed by atoms with Gasteiger partial charge in [0.1, 0.15) is 5.82 Å². The molecule has 1 fully saturated rings. The number of rotatable bonds is 5. The van der Waals surface area contributed by atoms with E-state index in [0.717, 1.165) is 51.0 Å². The minimum Gasteiger partial charge on any atom is -0.357 e. The number of hydrogen-bond acceptors (Lipinski definition) is 4. The van der Waals surface area contributed by atoms with Crippen LogP contribution >= 0.6 is 24.0 Å². The summed E-state index contributed by atoms with van der Waals surface area (Å²) < 4.78 is 0. The Morgan fingerprint density at radius 3 is 2.43 bits per heavy atom. The van der Waals surface area contributed by atoms with Gasteiger partial charge in [0.2, 0.25) is 0 Å². The quantitative estimate of drug-likeness (QED) is 0.420. The molecule has 6 nitrogen and oxygen atoms in total. The van der Waals surface area contributed by atoms with Gasteiger partial charge in [0.25, 0.3) is 0 Å². The maximum atomic E-state index is 4.61. The highest BCUT2D eigenvalue weighted by molar-refractivity contribution is 14.0. The highest BCUT2D eigenvalue weighted by Crippen LogP contribution is 2.15. The van der Waals surface area contributed by atoms with Gasteiger partial charge in [0.15, 0.2) is 5.96 Å². The molecule has 7 heteroatoms. The van der Waals surface area contributed by atoms with Gasteiger partial charge in [0, 0.05) is 45.5 Å². The summed E-state index contributed by atoms with van der Waals surface area (Å²) >= 11 is 0. The number of anilines is 1. The fraction of sp³-hybridized carbons (Fsp3) is 0.625. The Morgan fingerprint density at radius 2 is 1.83 bits per heavy atom. The van der Waals surface area contributed by atoms with Crippen LogP contribution in [0.5, 0.6) is 0 Å². The largest absolute Gasteiger partial charge is 0.357 e. The number of aliphatic imine (C=N–C) groups is 1. The monoisotopic (exact) mass is 432 g/mol. The first-order valence-corrected chi connectivity index (χ1v) is 8.13. The summed E-state index contributed by atoms with van der Waals surface area (Å²) in [5, 5.41) is 6.49. The Balaban J connectivity index is 0.00000264. The van der Waals surface area contributed by atoms with Gasteiger partial charge in [-0.1, -0.05) is 0 Å². The first kappa shape index (κ1) is 20.0. The SMILES string of the molecule is CCNC(=NCc1ccnc(N2CCN(C)CC2)c1)NCC.I. The number of halogens is 1. The molecule has 1 saturated heterocycles. The summed E-state index contributed by atoms with van der Waals surface area (Å²) in [6, 6.07) is 4.20. The van der Waals surface area contributed by atoms with Crippen molar-refractivity contribution in [2.75, 3.05) is 51.2 Å². The summed E-state index contributed by atoms with van der Waals surface area (Å²) in [5.74, 6) is 1.93. The van der Waals surface area contributed by atoms with E-state index in [2.05, 4.69) is 57.4 Å². The van der Waals surface area contributed by atoms with E-state index in [1.54, 1.807) is 0 Å². The van der Waals surface area contributed by atoms with Crippen molar-refractivity contribution in [3.8, 4) is 0 Å². The number of nitrogens with zero attached hydrogens (tertiary/aromatic N) is 4. The standard InChI is InChI=1S/C16H28N6.HI/c1-4-17-16(18-5-2)20-13-14-6-7-19-15(12-14)22-10-8-21(3)9-11-22;/h6-7,12H,4-5,8-11,13H2,1-3H3,(H2,17,18,20);1H. The summed E-state index contributed by atoms with van der Waals surface area (Å²) in [4.78, 5) is 13.8. The van der Waals surface area contributed by atoms with Gasteiger partial charge in [-0.05, 0) is 38.6 Å². The van der Waals surface area contributed by atoms with E-state index in [4.69, 9.17) is 0 Å². The first-order valence-electron chi connectivity index (χ1n) is 8.13. The predicted octanol–water partition coefficient (Wildman–Crippen LogP) is 1.53. The minimum absolute atomic E-state index is 0. The van der Waals surface area contributed by atoms with Crippen LogP contribution in [0.25, 0.3) is 0 Å². The molecule has 130 valence electrons. The third kappa shape index (κ3) is 6.50. The second-order valence-corrected chi connectivity index (χ2v) is 5.54. The van der Waals surface area contributed by atoms with Gasteiger partial charge in [-0.25, -0.2) is 9.98 Å². The fourth-order valence-electron chi connectivity index (χ4n) is 2.45. The number of aromatic nitrogens is 1. The van der Waals surface area contributed by atoms with Crippen molar-refractivity contribution in [1.82, 2.24) is 20.5 Å². The van der Waals surface area contributed by atoms with E-state index in [1.165, 1.54) is 5.56 Å².